The highest BCUT2D eigenvalue weighted by Crippen LogP contribution is 2.37. The van der Waals surface area contributed by atoms with Crippen molar-refractivity contribution in [1.82, 2.24) is 0 Å². The van der Waals surface area contributed by atoms with Gasteiger partial charge in [0.2, 0.25) is 0 Å². The first kappa shape index (κ1) is 36.9. The summed E-state index contributed by atoms with van der Waals surface area (Å²) in [5.74, 6) is -4.28. The van der Waals surface area contributed by atoms with Gasteiger partial charge >= 0.3 is 11.8 Å². The van der Waals surface area contributed by atoms with Gasteiger partial charge in [0.1, 0.15) is 21.3 Å². The van der Waals surface area contributed by atoms with E-state index in [4.69, 9.17) is 0 Å². The fraction of sp³-hybridized carbons (Fsp3) is 0. The third-order valence-corrected chi connectivity index (χ3v) is 9.88. The molecule has 0 radical (unpaired) electrons. The highest BCUT2D eigenvalue weighted by atomic mass is 32.2. The largest absolute Gasteiger partial charge is 0.505 e. The number of hydrogen-bond acceptors (Lipinski definition) is 10. The quantitative estimate of drug-likeness (QED) is 0.0579. The summed E-state index contributed by atoms with van der Waals surface area (Å²) >= 11 is 0. The molecule has 0 unspecified atom stereocenters. The number of fused-ring (bicyclic) bond motifs is 2. The minimum Gasteiger partial charge on any atom is -0.505 e. The SMILES string of the molecule is O=C(Nc1ccc(C(=O)Nc2ccc3c(S(=O)(=O)O)cccc3c2O)cc1)C(=O)Nc1ccc(C(=O)Nc2ccc3c(S(=O)(=O)O)cccc3c2O)cc1. The zero-order chi connectivity index (χ0) is 38.9. The van der Waals surface area contributed by atoms with E-state index in [1.165, 1.54) is 109 Å². The first-order valence-electron chi connectivity index (χ1n) is 15.4. The molecule has 0 aliphatic carbocycles. The number of phenolic OH excluding ortho intramolecular Hbond substituents is 2. The van der Waals surface area contributed by atoms with Crippen LogP contribution < -0.4 is 21.3 Å². The van der Waals surface area contributed by atoms with Crippen LogP contribution >= 0.6 is 0 Å². The van der Waals surface area contributed by atoms with E-state index in [1.807, 2.05) is 0 Å². The van der Waals surface area contributed by atoms with Gasteiger partial charge in [-0.1, -0.05) is 36.4 Å². The predicted molar refractivity (Wildman–Crippen MR) is 197 cm³/mol. The first-order valence-corrected chi connectivity index (χ1v) is 18.3. The number of carbonyl (C=O) groups excluding carboxylic acids is 4. The Balaban J connectivity index is 1.05. The Morgan fingerprint density at radius 3 is 1.11 bits per heavy atom. The molecular formula is C36H26N4O12S2. The zero-order valence-corrected chi connectivity index (χ0v) is 28.9. The smallest absolute Gasteiger partial charge is 0.314 e. The topological polar surface area (TPSA) is 266 Å². The fourth-order valence-corrected chi connectivity index (χ4v) is 6.87. The van der Waals surface area contributed by atoms with Crippen LogP contribution in [0.4, 0.5) is 22.7 Å². The number of hydrogen-bond donors (Lipinski definition) is 8. The van der Waals surface area contributed by atoms with Gasteiger partial charge in [-0.3, -0.25) is 28.3 Å². The molecule has 4 amide bonds. The molecule has 18 heteroatoms. The van der Waals surface area contributed by atoms with Crippen LogP contribution in [0.15, 0.2) is 119 Å². The molecule has 16 nitrogen and oxygen atoms in total. The molecule has 6 aromatic carbocycles. The second-order valence-corrected chi connectivity index (χ2v) is 14.3. The Bertz CT molecular complexity index is 2560. The van der Waals surface area contributed by atoms with Crippen molar-refractivity contribution in [3.8, 4) is 11.5 Å². The lowest BCUT2D eigenvalue weighted by Gasteiger charge is -2.12. The molecule has 6 rings (SSSR count). The molecule has 0 aromatic heterocycles. The van der Waals surface area contributed by atoms with Gasteiger partial charge in [0.15, 0.2) is 0 Å². The lowest BCUT2D eigenvalue weighted by molar-refractivity contribution is -0.132. The van der Waals surface area contributed by atoms with Crippen LogP contribution in [-0.2, 0) is 29.8 Å². The summed E-state index contributed by atoms with van der Waals surface area (Å²) in [6.45, 7) is 0. The lowest BCUT2D eigenvalue weighted by Crippen LogP contribution is -2.29. The van der Waals surface area contributed by atoms with Crippen molar-refractivity contribution in [3.05, 3.63) is 120 Å². The number of benzene rings is 6. The average molecular weight is 771 g/mol. The molecule has 8 N–H and O–H groups in total. The van der Waals surface area contributed by atoms with E-state index in [9.17, 15) is 55.3 Å². The van der Waals surface area contributed by atoms with Gasteiger partial charge in [-0.2, -0.15) is 16.8 Å². The third kappa shape index (κ3) is 7.66. The molecule has 274 valence electrons. The van der Waals surface area contributed by atoms with Crippen LogP contribution in [0.5, 0.6) is 11.5 Å². The molecule has 0 aliphatic heterocycles. The maximum atomic E-state index is 12.9. The van der Waals surface area contributed by atoms with Crippen molar-refractivity contribution in [3.63, 3.8) is 0 Å². The molecular weight excluding hydrogens is 745 g/mol. The molecule has 6 aromatic rings. The summed E-state index contributed by atoms with van der Waals surface area (Å²) in [5.41, 5.74) is 0.467. The predicted octanol–water partition coefficient (Wildman–Crippen LogP) is 4.98. The molecule has 0 spiro atoms. The molecule has 0 saturated heterocycles. The molecule has 0 heterocycles. The Morgan fingerprint density at radius 1 is 0.426 bits per heavy atom. The summed E-state index contributed by atoms with van der Waals surface area (Å²) in [6, 6.07) is 23.8. The van der Waals surface area contributed by atoms with Gasteiger partial charge in [-0.05, 0) is 72.8 Å². The maximum Gasteiger partial charge on any atom is 0.314 e. The van der Waals surface area contributed by atoms with Gasteiger partial charge in [0, 0.05) is 44.0 Å². The van der Waals surface area contributed by atoms with Crippen molar-refractivity contribution < 1.29 is 55.3 Å². The molecule has 0 fully saturated rings. The monoisotopic (exact) mass is 770 g/mol. The molecule has 0 bridgehead atoms. The fourth-order valence-electron chi connectivity index (χ4n) is 5.45. The van der Waals surface area contributed by atoms with Crippen molar-refractivity contribution in [2.24, 2.45) is 0 Å². The summed E-state index contributed by atoms with van der Waals surface area (Å²) < 4.78 is 65.7. The Kier molecular flexibility index (Phi) is 9.76. The lowest BCUT2D eigenvalue weighted by atomic mass is 10.1. The molecule has 54 heavy (non-hydrogen) atoms. The van der Waals surface area contributed by atoms with E-state index in [2.05, 4.69) is 21.3 Å². The van der Waals surface area contributed by atoms with E-state index in [-0.39, 0.29) is 55.4 Å². The van der Waals surface area contributed by atoms with Crippen molar-refractivity contribution in [2.45, 2.75) is 9.79 Å². The van der Waals surface area contributed by atoms with Crippen molar-refractivity contribution in [1.29, 1.82) is 0 Å². The number of rotatable bonds is 8. The summed E-state index contributed by atoms with van der Waals surface area (Å²) in [6.07, 6.45) is 0. The summed E-state index contributed by atoms with van der Waals surface area (Å²) in [5, 5.41) is 31.4. The minimum atomic E-state index is -4.57. The molecule has 0 saturated carbocycles. The number of anilines is 4. The van der Waals surface area contributed by atoms with Gasteiger partial charge < -0.3 is 31.5 Å². The summed E-state index contributed by atoms with van der Waals surface area (Å²) in [7, 11) is -9.14. The van der Waals surface area contributed by atoms with E-state index in [1.54, 1.807) is 0 Å². The normalized spacial score (nSPS) is 11.5. The number of nitrogens with one attached hydrogen (secondary N) is 4. The van der Waals surface area contributed by atoms with E-state index in [0.717, 1.165) is 0 Å². The van der Waals surface area contributed by atoms with Gasteiger partial charge in [0.05, 0.1) is 11.4 Å². The standard InChI is InChI=1S/C36H26N4O12S2/c41-31-25-3-1-5-29(53(47,48)49)23(25)15-17-27(31)39-33(43)19-7-11-21(12-8-19)37-35(45)36(46)38-22-13-9-20(10-14-22)34(44)40-28-18-16-24-26(32(28)42)4-2-6-30(24)54(50,51)52/h1-18,41-42H,(H,37,45)(H,38,46)(H,39,43)(H,40,44)(H,47,48,49)(H,50,51,52). The number of aromatic hydroxyl groups is 2. The van der Waals surface area contributed by atoms with E-state index < -0.39 is 65.2 Å². The van der Waals surface area contributed by atoms with Crippen LogP contribution in [0.25, 0.3) is 21.5 Å². The van der Waals surface area contributed by atoms with E-state index >= 15 is 0 Å². The summed E-state index contributed by atoms with van der Waals surface area (Å²) in [4.78, 5) is 50.0. The number of amides is 4. The van der Waals surface area contributed by atoms with E-state index in [0.29, 0.717) is 0 Å². The Morgan fingerprint density at radius 2 is 0.778 bits per heavy atom. The zero-order valence-electron chi connectivity index (χ0n) is 27.3. The third-order valence-electron chi connectivity index (χ3n) is 8.05. The van der Waals surface area contributed by atoms with Gasteiger partial charge in [-0.15, -0.1) is 0 Å². The highest BCUT2D eigenvalue weighted by molar-refractivity contribution is 7.86. The van der Waals surface area contributed by atoms with Crippen LogP contribution in [-0.4, -0.2) is 59.8 Å². The number of phenols is 2. The average Bonchev–Trinajstić information content (AvgIpc) is 3.13. The highest BCUT2D eigenvalue weighted by Gasteiger charge is 2.20. The van der Waals surface area contributed by atoms with Crippen molar-refractivity contribution >= 4 is 88.2 Å². The Hall–Kier alpha value is -6.86. The second-order valence-electron chi connectivity index (χ2n) is 11.5. The van der Waals surface area contributed by atoms with Crippen LogP contribution in [0, 0.1) is 0 Å². The molecule has 0 aliphatic rings. The van der Waals surface area contributed by atoms with Gasteiger partial charge in [-0.25, -0.2) is 0 Å². The maximum absolute atomic E-state index is 12.9. The molecule has 0 atom stereocenters. The van der Waals surface area contributed by atoms with Gasteiger partial charge in [0.25, 0.3) is 32.1 Å². The minimum absolute atomic E-state index is 0.0360. The van der Waals surface area contributed by atoms with Crippen LogP contribution in [0.3, 0.4) is 0 Å². The first-order chi connectivity index (χ1) is 25.5. The Labute approximate surface area is 305 Å². The second kappa shape index (κ2) is 14.3. The number of carbonyl (C=O) groups is 4. The van der Waals surface area contributed by atoms with Crippen molar-refractivity contribution in [2.75, 3.05) is 21.3 Å². The van der Waals surface area contributed by atoms with Crippen LogP contribution in [0.1, 0.15) is 20.7 Å². The van der Waals surface area contributed by atoms with Crippen LogP contribution in [0.2, 0.25) is 0 Å².